The number of amides is 2. The number of benzene rings is 5. The lowest BCUT2D eigenvalue weighted by Crippen LogP contribution is -2.21. The fourth-order valence-electron chi connectivity index (χ4n) is 4.42. The Morgan fingerprint density at radius 3 is 1.76 bits per heavy atom. The molecule has 0 bridgehead atoms. The number of fused-ring (bicyclic) bond motifs is 2. The van der Waals surface area contributed by atoms with E-state index in [9.17, 15) is 31.1 Å². The Kier molecular flexibility index (Phi) is 6.22. The molecule has 0 heterocycles. The van der Waals surface area contributed by atoms with Crippen LogP contribution in [0.5, 0.6) is 0 Å². The van der Waals surface area contributed by atoms with Crippen molar-refractivity contribution in [3.63, 3.8) is 0 Å². The van der Waals surface area contributed by atoms with Gasteiger partial charge in [0.2, 0.25) is 0 Å². The van der Waals surface area contributed by atoms with Crippen LogP contribution in [0.1, 0.15) is 11.1 Å². The molecule has 0 aliphatic heterocycles. The van der Waals surface area contributed by atoms with Gasteiger partial charge in [-0.2, -0.15) is 26.3 Å². The van der Waals surface area contributed by atoms with Crippen LogP contribution in [-0.2, 0) is 12.4 Å². The molecule has 38 heavy (non-hydrogen) atoms. The summed E-state index contributed by atoms with van der Waals surface area (Å²) in [5.41, 5.74) is -1.89. The van der Waals surface area contributed by atoms with Gasteiger partial charge in [0, 0.05) is 11.3 Å². The third-order valence-corrected chi connectivity index (χ3v) is 6.08. The maximum absolute atomic E-state index is 13.2. The Morgan fingerprint density at radius 2 is 1.13 bits per heavy atom. The largest absolute Gasteiger partial charge is 0.416 e. The van der Waals surface area contributed by atoms with Gasteiger partial charge in [0.1, 0.15) is 0 Å². The number of alkyl halides is 6. The Morgan fingerprint density at radius 1 is 0.579 bits per heavy atom. The van der Waals surface area contributed by atoms with Crippen LogP contribution in [-0.4, -0.2) is 6.03 Å². The van der Waals surface area contributed by atoms with Crippen molar-refractivity contribution in [2.24, 2.45) is 0 Å². The lowest BCUT2D eigenvalue weighted by Gasteiger charge is -2.18. The predicted octanol–water partition coefficient (Wildman–Crippen LogP) is 9.34. The first-order chi connectivity index (χ1) is 18.0. The van der Waals surface area contributed by atoms with Crippen molar-refractivity contribution in [1.29, 1.82) is 0 Å². The molecular formula is C29H18F6N2O. The average molecular weight is 524 g/mol. The van der Waals surface area contributed by atoms with E-state index in [-0.39, 0.29) is 6.07 Å². The summed E-state index contributed by atoms with van der Waals surface area (Å²) in [5, 5.41) is 8.30. The molecule has 0 spiro atoms. The normalized spacial score (nSPS) is 12.1. The number of hydrogen-bond acceptors (Lipinski definition) is 1. The molecule has 2 amide bonds. The predicted molar refractivity (Wildman–Crippen MR) is 136 cm³/mol. The highest BCUT2D eigenvalue weighted by atomic mass is 19.4. The topological polar surface area (TPSA) is 41.1 Å². The van der Waals surface area contributed by atoms with Crippen LogP contribution >= 0.6 is 0 Å². The molecule has 0 aliphatic rings. The highest BCUT2D eigenvalue weighted by Gasteiger charge is 2.37. The Bertz CT molecular complexity index is 1640. The van der Waals surface area contributed by atoms with Crippen LogP contribution in [0.3, 0.4) is 0 Å². The van der Waals surface area contributed by atoms with Gasteiger partial charge in [0.15, 0.2) is 0 Å². The maximum Gasteiger partial charge on any atom is 0.416 e. The molecule has 5 aromatic rings. The van der Waals surface area contributed by atoms with E-state index in [2.05, 4.69) is 10.6 Å². The van der Waals surface area contributed by atoms with E-state index in [1.165, 1.54) is 0 Å². The second-order valence-corrected chi connectivity index (χ2v) is 8.61. The molecule has 192 valence electrons. The lowest BCUT2D eigenvalue weighted by atomic mass is 9.92. The number of carbonyl (C=O) groups excluding carboxylic acids is 1. The molecule has 3 nitrogen and oxygen atoms in total. The molecule has 5 rings (SSSR count). The van der Waals surface area contributed by atoms with Crippen molar-refractivity contribution in [3.05, 3.63) is 108 Å². The molecule has 5 aromatic carbocycles. The second-order valence-electron chi connectivity index (χ2n) is 8.61. The smallest absolute Gasteiger partial charge is 0.308 e. The Balaban J connectivity index is 1.57. The number of rotatable bonds is 3. The molecular weight excluding hydrogens is 506 g/mol. The van der Waals surface area contributed by atoms with E-state index in [0.29, 0.717) is 23.4 Å². The first kappa shape index (κ1) is 25.1. The molecule has 0 aromatic heterocycles. The summed E-state index contributed by atoms with van der Waals surface area (Å²) in [6, 6.07) is 24.1. The van der Waals surface area contributed by atoms with Gasteiger partial charge >= 0.3 is 18.4 Å². The fourth-order valence-corrected chi connectivity index (χ4v) is 4.42. The molecule has 9 heteroatoms. The van der Waals surface area contributed by atoms with Crippen molar-refractivity contribution < 1.29 is 31.1 Å². The maximum atomic E-state index is 13.2. The van der Waals surface area contributed by atoms with Crippen molar-refractivity contribution in [1.82, 2.24) is 0 Å². The minimum absolute atomic E-state index is 0.00500. The third kappa shape index (κ3) is 5.00. The van der Waals surface area contributed by atoms with Crippen LogP contribution in [0.4, 0.5) is 42.5 Å². The first-order valence-electron chi connectivity index (χ1n) is 11.4. The Hall–Kier alpha value is -4.53. The van der Waals surface area contributed by atoms with Gasteiger partial charge in [0.05, 0.1) is 16.8 Å². The van der Waals surface area contributed by atoms with Crippen molar-refractivity contribution in [2.75, 3.05) is 10.6 Å². The number of nitrogens with one attached hydrogen (secondary N) is 2. The van der Waals surface area contributed by atoms with E-state index in [0.717, 1.165) is 27.1 Å². The van der Waals surface area contributed by atoms with E-state index >= 15 is 0 Å². The number of halogens is 6. The standard InChI is InChI=1S/C29H18F6N2O/c30-28(31,32)19-14-20(29(33,34)35)16-21(15-19)36-27(38)37-25-13-12-18-7-2-4-10-23(18)26(25)24-11-5-8-17-6-1-3-9-22(17)24/h1-16H,(H2,36,37,38). The van der Waals surface area contributed by atoms with Crippen molar-refractivity contribution in [2.45, 2.75) is 12.4 Å². The van der Waals surface area contributed by atoms with Crippen LogP contribution in [0.15, 0.2) is 97.1 Å². The third-order valence-electron chi connectivity index (χ3n) is 6.08. The summed E-state index contributed by atoms with van der Waals surface area (Å²) in [7, 11) is 0. The molecule has 0 saturated carbocycles. The quantitative estimate of drug-likeness (QED) is 0.227. The van der Waals surface area contributed by atoms with Gasteiger partial charge in [-0.1, -0.05) is 72.8 Å². The monoisotopic (exact) mass is 524 g/mol. The van der Waals surface area contributed by atoms with Gasteiger partial charge < -0.3 is 10.6 Å². The second kappa shape index (κ2) is 9.41. The van der Waals surface area contributed by atoms with Crippen LogP contribution in [0.25, 0.3) is 32.7 Å². The summed E-state index contributed by atoms with van der Waals surface area (Å²) in [6.45, 7) is 0. The summed E-state index contributed by atoms with van der Waals surface area (Å²) < 4.78 is 79.4. The number of hydrogen-bond donors (Lipinski definition) is 2. The first-order valence-corrected chi connectivity index (χ1v) is 11.4. The molecule has 0 atom stereocenters. The van der Waals surface area contributed by atoms with Crippen molar-refractivity contribution >= 4 is 39.0 Å². The van der Waals surface area contributed by atoms with E-state index in [1.807, 2.05) is 66.7 Å². The molecule has 0 aliphatic carbocycles. The fraction of sp³-hybridized carbons (Fsp3) is 0.0690. The highest BCUT2D eigenvalue weighted by Crippen LogP contribution is 2.40. The average Bonchev–Trinajstić information content (AvgIpc) is 2.87. The van der Waals surface area contributed by atoms with Crippen LogP contribution in [0.2, 0.25) is 0 Å². The zero-order valence-electron chi connectivity index (χ0n) is 19.4. The number of carbonyl (C=O) groups is 1. The lowest BCUT2D eigenvalue weighted by molar-refractivity contribution is -0.143. The summed E-state index contributed by atoms with van der Waals surface area (Å²) in [4.78, 5) is 12.9. The number of anilines is 2. The highest BCUT2D eigenvalue weighted by molar-refractivity contribution is 6.13. The van der Waals surface area contributed by atoms with Crippen LogP contribution in [0, 0.1) is 0 Å². The SMILES string of the molecule is O=C(Nc1cc(C(F)(F)F)cc(C(F)(F)F)c1)Nc1ccc2ccccc2c1-c1cccc2ccccc12. The molecule has 0 fully saturated rings. The van der Waals surface area contributed by atoms with E-state index in [1.54, 1.807) is 12.1 Å². The van der Waals surface area contributed by atoms with Crippen molar-refractivity contribution in [3.8, 4) is 11.1 Å². The summed E-state index contributed by atoms with van der Waals surface area (Å²) in [6.07, 6.45) is -10.1. The summed E-state index contributed by atoms with van der Waals surface area (Å²) >= 11 is 0. The Labute approximate surface area is 212 Å². The van der Waals surface area contributed by atoms with Gasteiger partial charge in [-0.05, 0) is 51.4 Å². The van der Waals surface area contributed by atoms with Crippen LogP contribution < -0.4 is 10.6 Å². The summed E-state index contributed by atoms with van der Waals surface area (Å²) in [5.74, 6) is 0. The van der Waals surface area contributed by atoms with E-state index < -0.39 is 35.2 Å². The minimum Gasteiger partial charge on any atom is -0.308 e. The molecule has 0 radical (unpaired) electrons. The molecule has 0 unspecified atom stereocenters. The number of urea groups is 1. The zero-order valence-corrected chi connectivity index (χ0v) is 19.4. The molecule has 0 saturated heterocycles. The zero-order chi connectivity index (χ0) is 27.1. The van der Waals surface area contributed by atoms with Gasteiger partial charge in [-0.3, -0.25) is 0 Å². The van der Waals surface area contributed by atoms with Gasteiger partial charge in [0.25, 0.3) is 0 Å². The van der Waals surface area contributed by atoms with E-state index in [4.69, 9.17) is 0 Å². The minimum atomic E-state index is -5.03. The van der Waals surface area contributed by atoms with Gasteiger partial charge in [-0.25, -0.2) is 4.79 Å². The van der Waals surface area contributed by atoms with Gasteiger partial charge in [-0.15, -0.1) is 0 Å². The molecule has 2 N–H and O–H groups in total.